The zero-order valence-corrected chi connectivity index (χ0v) is 12.1. The first-order valence-corrected chi connectivity index (χ1v) is 7.15. The second-order valence-corrected chi connectivity index (χ2v) is 4.90. The van der Waals surface area contributed by atoms with Crippen LogP contribution in [0.15, 0.2) is 18.2 Å². The van der Waals surface area contributed by atoms with Gasteiger partial charge in [0.1, 0.15) is 0 Å². The molecule has 0 aromatic heterocycles. The number of nitro benzene ring substituents is 1. The van der Waals surface area contributed by atoms with Crippen LogP contribution < -0.4 is 10.6 Å². The molecular weight excluding hydrogens is 274 g/mol. The molecule has 2 rings (SSSR count). The first-order chi connectivity index (χ1) is 10.2. The summed E-state index contributed by atoms with van der Waals surface area (Å²) in [5.74, 6) is 0. The summed E-state index contributed by atoms with van der Waals surface area (Å²) in [5.41, 5.74) is 1.52. The third-order valence-electron chi connectivity index (χ3n) is 3.13. The Bertz CT molecular complexity index is 475. The highest BCUT2D eigenvalue weighted by Gasteiger charge is 2.15. The lowest BCUT2D eigenvalue weighted by atomic mass is 10.2. The lowest BCUT2D eigenvalue weighted by Gasteiger charge is -2.23. The molecule has 1 saturated heterocycles. The molecule has 1 heterocycles. The van der Waals surface area contributed by atoms with E-state index in [2.05, 4.69) is 10.6 Å². The Morgan fingerprint density at radius 2 is 2.05 bits per heavy atom. The van der Waals surface area contributed by atoms with Gasteiger partial charge < -0.3 is 20.1 Å². The molecule has 0 bridgehead atoms. The number of ether oxygens (including phenoxy) is 2. The lowest BCUT2D eigenvalue weighted by Crippen LogP contribution is -2.34. The molecule has 21 heavy (non-hydrogen) atoms. The first kappa shape index (κ1) is 15.5. The standard InChI is InChI=1S/C14H21N3O4/c1-2-3-15-11-6-12(8-13(7-11)17(18)19)16-9-14-10-20-4-5-21-14/h6-8,14-16H,2-5,9-10H2,1H3. The third-order valence-corrected chi connectivity index (χ3v) is 3.13. The van der Waals surface area contributed by atoms with E-state index in [-0.39, 0.29) is 16.7 Å². The fourth-order valence-electron chi connectivity index (χ4n) is 2.08. The summed E-state index contributed by atoms with van der Waals surface area (Å²) >= 11 is 0. The van der Waals surface area contributed by atoms with Crippen LogP contribution in [0.1, 0.15) is 13.3 Å². The Morgan fingerprint density at radius 3 is 2.67 bits per heavy atom. The van der Waals surface area contributed by atoms with E-state index >= 15 is 0 Å². The van der Waals surface area contributed by atoms with Gasteiger partial charge in [0, 0.05) is 36.6 Å². The quantitative estimate of drug-likeness (QED) is 0.592. The van der Waals surface area contributed by atoms with Crippen LogP contribution in [0.4, 0.5) is 17.1 Å². The molecule has 2 N–H and O–H groups in total. The Morgan fingerprint density at radius 1 is 1.29 bits per heavy atom. The van der Waals surface area contributed by atoms with E-state index in [4.69, 9.17) is 9.47 Å². The van der Waals surface area contributed by atoms with Gasteiger partial charge in [-0.15, -0.1) is 0 Å². The Kier molecular flexibility index (Phi) is 5.77. The summed E-state index contributed by atoms with van der Waals surface area (Å²) in [5, 5.41) is 17.3. The summed E-state index contributed by atoms with van der Waals surface area (Å²) in [6.45, 7) is 5.14. The molecule has 0 radical (unpaired) electrons. The molecule has 7 nitrogen and oxygen atoms in total. The van der Waals surface area contributed by atoms with Gasteiger partial charge >= 0.3 is 0 Å². The second-order valence-electron chi connectivity index (χ2n) is 4.90. The van der Waals surface area contributed by atoms with Gasteiger partial charge in [0.2, 0.25) is 0 Å². The minimum atomic E-state index is -0.386. The summed E-state index contributed by atoms with van der Waals surface area (Å²) < 4.78 is 10.9. The van der Waals surface area contributed by atoms with Gasteiger partial charge in [-0.3, -0.25) is 10.1 Å². The zero-order valence-electron chi connectivity index (χ0n) is 12.1. The maximum absolute atomic E-state index is 11.0. The van der Waals surface area contributed by atoms with E-state index in [0.717, 1.165) is 18.7 Å². The number of non-ortho nitro benzene ring substituents is 1. The highest BCUT2D eigenvalue weighted by Crippen LogP contribution is 2.24. The minimum Gasteiger partial charge on any atom is -0.385 e. The van der Waals surface area contributed by atoms with E-state index in [1.54, 1.807) is 6.07 Å². The van der Waals surface area contributed by atoms with Gasteiger partial charge in [-0.1, -0.05) is 6.92 Å². The fraction of sp³-hybridized carbons (Fsp3) is 0.571. The molecule has 116 valence electrons. The molecule has 1 fully saturated rings. The van der Waals surface area contributed by atoms with Crippen molar-refractivity contribution in [3.63, 3.8) is 0 Å². The van der Waals surface area contributed by atoms with E-state index in [9.17, 15) is 10.1 Å². The topological polar surface area (TPSA) is 85.7 Å². The van der Waals surface area contributed by atoms with Crippen molar-refractivity contribution < 1.29 is 14.4 Å². The predicted octanol–water partition coefficient (Wildman–Crippen LogP) is 2.24. The SMILES string of the molecule is CCCNc1cc(NCC2COCCO2)cc([N+](=O)[O-])c1. The maximum atomic E-state index is 11.0. The largest absolute Gasteiger partial charge is 0.385 e. The van der Waals surface area contributed by atoms with E-state index < -0.39 is 0 Å². The molecule has 0 saturated carbocycles. The van der Waals surface area contributed by atoms with Gasteiger partial charge in [0.25, 0.3) is 5.69 Å². The Hall–Kier alpha value is -1.86. The fourth-order valence-corrected chi connectivity index (χ4v) is 2.08. The van der Waals surface area contributed by atoms with Crippen molar-refractivity contribution in [2.24, 2.45) is 0 Å². The smallest absolute Gasteiger partial charge is 0.273 e. The number of nitrogens with one attached hydrogen (secondary N) is 2. The number of nitro groups is 1. The molecule has 1 unspecified atom stereocenters. The van der Waals surface area contributed by atoms with Gasteiger partial charge in [0.15, 0.2) is 0 Å². The Balaban J connectivity index is 2.02. The summed E-state index contributed by atoms with van der Waals surface area (Å²) in [7, 11) is 0. The third kappa shape index (κ3) is 4.87. The normalized spacial score (nSPS) is 18.2. The van der Waals surface area contributed by atoms with Crippen molar-refractivity contribution in [2.45, 2.75) is 19.4 Å². The summed E-state index contributed by atoms with van der Waals surface area (Å²) in [6.07, 6.45) is 0.934. The van der Waals surface area contributed by atoms with Gasteiger partial charge in [0.05, 0.1) is 30.8 Å². The Labute approximate surface area is 123 Å². The summed E-state index contributed by atoms with van der Waals surface area (Å²) in [6, 6.07) is 4.94. The lowest BCUT2D eigenvalue weighted by molar-refractivity contribution is -0.384. The van der Waals surface area contributed by atoms with Crippen molar-refractivity contribution in [3.05, 3.63) is 28.3 Å². The monoisotopic (exact) mass is 295 g/mol. The highest BCUT2D eigenvalue weighted by molar-refractivity contribution is 5.63. The highest BCUT2D eigenvalue weighted by atomic mass is 16.6. The van der Waals surface area contributed by atoms with Gasteiger partial charge in [-0.2, -0.15) is 0 Å². The predicted molar refractivity (Wildman–Crippen MR) is 80.9 cm³/mol. The molecule has 0 aliphatic carbocycles. The minimum absolute atomic E-state index is 0.0231. The average Bonchev–Trinajstić information content (AvgIpc) is 2.51. The summed E-state index contributed by atoms with van der Waals surface area (Å²) in [4.78, 5) is 10.6. The van der Waals surface area contributed by atoms with Crippen LogP contribution in [-0.4, -0.2) is 43.9 Å². The molecule has 0 amide bonds. The van der Waals surface area contributed by atoms with Crippen LogP contribution in [0.3, 0.4) is 0 Å². The molecule has 1 atom stereocenters. The van der Waals surface area contributed by atoms with Crippen LogP contribution in [0.2, 0.25) is 0 Å². The molecule has 1 aliphatic heterocycles. The second kappa shape index (κ2) is 7.80. The van der Waals surface area contributed by atoms with Crippen molar-refractivity contribution in [1.29, 1.82) is 0 Å². The van der Waals surface area contributed by atoms with Crippen LogP contribution >= 0.6 is 0 Å². The first-order valence-electron chi connectivity index (χ1n) is 7.15. The number of benzene rings is 1. The maximum Gasteiger partial charge on any atom is 0.273 e. The van der Waals surface area contributed by atoms with Crippen LogP contribution in [0.25, 0.3) is 0 Å². The van der Waals surface area contributed by atoms with Crippen molar-refractivity contribution in [1.82, 2.24) is 0 Å². The van der Waals surface area contributed by atoms with Gasteiger partial charge in [-0.05, 0) is 12.5 Å². The zero-order chi connectivity index (χ0) is 15.1. The van der Waals surface area contributed by atoms with Crippen LogP contribution in [-0.2, 0) is 9.47 Å². The van der Waals surface area contributed by atoms with E-state index in [0.29, 0.717) is 32.1 Å². The van der Waals surface area contributed by atoms with Crippen molar-refractivity contribution in [3.8, 4) is 0 Å². The van der Waals surface area contributed by atoms with Crippen molar-refractivity contribution in [2.75, 3.05) is 43.5 Å². The number of rotatable bonds is 7. The molecule has 0 spiro atoms. The molecule has 1 aromatic rings. The molecule has 7 heteroatoms. The number of hydrogen-bond acceptors (Lipinski definition) is 6. The molecule has 1 aliphatic rings. The van der Waals surface area contributed by atoms with E-state index in [1.165, 1.54) is 6.07 Å². The van der Waals surface area contributed by atoms with Crippen LogP contribution in [0.5, 0.6) is 0 Å². The molecule has 1 aromatic carbocycles. The number of anilines is 2. The number of nitrogens with zero attached hydrogens (tertiary/aromatic N) is 1. The van der Waals surface area contributed by atoms with E-state index in [1.807, 2.05) is 13.0 Å². The average molecular weight is 295 g/mol. The number of hydrogen-bond donors (Lipinski definition) is 2. The van der Waals surface area contributed by atoms with Gasteiger partial charge in [-0.25, -0.2) is 0 Å². The van der Waals surface area contributed by atoms with Crippen molar-refractivity contribution >= 4 is 17.1 Å². The van der Waals surface area contributed by atoms with Crippen LogP contribution in [0, 0.1) is 10.1 Å². The molecular formula is C14H21N3O4.